The Morgan fingerprint density at radius 3 is 2.65 bits per heavy atom. The van der Waals surface area contributed by atoms with Gasteiger partial charge in [-0.1, -0.05) is 19.1 Å². The molecule has 0 bridgehead atoms. The lowest BCUT2D eigenvalue weighted by atomic mass is 10.0. The maximum Gasteiger partial charge on any atom is 0.119 e. The van der Waals surface area contributed by atoms with Crippen molar-refractivity contribution >= 4 is 11.8 Å². The fourth-order valence-corrected chi connectivity index (χ4v) is 3.34. The second-order valence-corrected chi connectivity index (χ2v) is 5.85. The second kappa shape index (κ2) is 9.27. The summed E-state index contributed by atoms with van der Waals surface area (Å²) in [6.07, 6.45) is 3.29. The van der Waals surface area contributed by atoms with Gasteiger partial charge in [-0.25, -0.2) is 0 Å². The first-order chi connectivity index (χ1) is 9.67. The third kappa shape index (κ3) is 4.69. The van der Waals surface area contributed by atoms with E-state index in [0.29, 0.717) is 19.2 Å². The highest BCUT2D eigenvalue weighted by atomic mass is 32.2. The minimum absolute atomic E-state index is 0.243. The number of rotatable bonds is 9. The zero-order valence-corrected chi connectivity index (χ0v) is 14.0. The Bertz CT molecular complexity index is 386. The van der Waals surface area contributed by atoms with Crippen molar-refractivity contribution in [3.8, 4) is 5.75 Å². The lowest BCUT2D eigenvalue weighted by Crippen LogP contribution is -2.39. The normalized spacial score (nSPS) is 14.3. The van der Waals surface area contributed by atoms with Gasteiger partial charge in [0.1, 0.15) is 5.75 Å². The van der Waals surface area contributed by atoms with E-state index in [0.717, 1.165) is 17.9 Å². The summed E-state index contributed by atoms with van der Waals surface area (Å²) in [5.74, 6) is 2.06. The van der Waals surface area contributed by atoms with Gasteiger partial charge < -0.3 is 10.5 Å². The smallest absolute Gasteiger partial charge is 0.119 e. The molecule has 2 unspecified atom stereocenters. The van der Waals surface area contributed by atoms with Crippen LogP contribution in [-0.2, 0) is 0 Å². The Morgan fingerprint density at radius 1 is 1.35 bits per heavy atom. The fourth-order valence-electron chi connectivity index (χ4n) is 2.49. The van der Waals surface area contributed by atoms with Crippen molar-refractivity contribution in [1.82, 2.24) is 4.90 Å². The van der Waals surface area contributed by atoms with Crippen molar-refractivity contribution in [3.05, 3.63) is 29.8 Å². The number of thioether (sulfide) groups is 1. The van der Waals surface area contributed by atoms with Gasteiger partial charge in [0, 0.05) is 24.4 Å². The molecule has 0 aliphatic carbocycles. The molecule has 0 aliphatic heterocycles. The van der Waals surface area contributed by atoms with E-state index < -0.39 is 0 Å². The van der Waals surface area contributed by atoms with Crippen molar-refractivity contribution in [2.75, 3.05) is 32.2 Å². The van der Waals surface area contributed by atoms with E-state index in [2.05, 4.69) is 37.3 Å². The lowest BCUT2D eigenvalue weighted by molar-refractivity contribution is 0.187. The highest BCUT2D eigenvalue weighted by Crippen LogP contribution is 2.26. The molecule has 0 saturated heterocycles. The van der Waals surface area contributed by atoms with Crippen molar-refractivity contribution < 1.29 is 4.74 Å². The minimum atomic E-state index is 0.243. The van der Waals surface area contributed by atoms with E-state index in [-0.39, 0.29) is 6.04 Å². The van der Waals surface area contributed by atoms with Crippen LogP contribution in [0.15, 0.2) is 24.3 Å². The van der Waals surface area contributed by atoms with Gasteiger partial charge in [0.25, 0.3) is 0 Å². The van der Waals surface area contributed by atoms with E-state index in [1.54, 1.807) is 0 Å². The van der Waals surface area contributed by atoms with Crippen LogP contribution < -0.4 is 10.5 Å². The first-order valence-corrected chi connectivity index (χ1v) is 8.70. The summed E-state index contributed by atoms with van der Waals surface area (Å²) in [6, 6.07) is 9.10. The summed E-state index contributed by atoms with van der Waals surface area (Å²) in [5, 5.41) is 0. The zero-order valence-electron chi connectivity index (χ0n) is 13.1. The maximum absolute atomic E-state index is 6.03. The molecule has 0 fully saturated rings. The number of nitrogens with two attached hydrogens (primary N) is 1. The molecule has 0 radical (unpaired) electrons. The summed E-state index contributed by atoms with van der Waals surface area (Å²) in [5.41, 5.74) is 7.27. The van der Waals surface area contributed by atoms with Crippen molar-refractivity contribution in [3.63, 3.8) is 0 Å². The standard InChI is InChI=1S/C16H28N2OS/c1-5-14(12-20-4)18(3)16(11-17)13-8-7-9-15(10-13)19-6-2/h7-10,14,16H,5-6,11-12,17H2,1-4H3. The molecule has 2 N–H and O–H groups in total. The van der Waals surface area contributed by atoms with E-state index in [9.17, 15) is 0 Å². The zero-order chi connectivity index (χ0) is 15.0. The summed E-state index contributed by atoms with van der Waals surface area (Å²) in [4.78, 5) is 2.40. The number of ether oxygens (including phenoxy) is 1. The summed E-state index contributed by atoms with van der Waals surface area (Å²) in [6.45, 7) is 5.56. The van der Waals surface area contributed by atoms with Gasteiger partial charge in [0.2, 0.25) is 0 Å². The Kier molecular flexibility index (Phi) is 8.04. The van der Waals surface area contributed by atoms with E-state index in [1.807, 2.05) is 30.8 Å². The predicted octanol–water partition coefficient (Wildman–Crippen LogP) is 3.16. The average molecular weight is 296 g/mol. The van der Waals surface area contributed by atoms with Crippen LogP contribution in [0.25, 0.3) is 0 Å². The third-order valence-electron chi connectivity index (χ3n) is 3.68. The van der Waals surface area contributed by atoms with Crippen LogP contribution >= 0.6 is 11.8 Å². The Morgan fingerprint density at radius 2 is 2.10 bits per heavy atom. The van der Waals surface area contributed by atoms with Crippen LogP contribution in [0.4, 0.5) is 0 Å². The molecule has 0 aliphatic rings. The van der Waals surface area contributed by atoms with Crippen molar-refractivity contribution in [1.29, 1.82) is 0 Å². The molecule has 1 aromatic rings. The van der Waals surface area contributed by atoms with Gasteiger partial charge in [0.15, 0.2) is 0 Å². The SMILES string of the molecule is CCOc1cccc(C(CN)N(C)C(CC)CSC)c1. The second-order valence-electron chi connectivity index (χ2n) is 4.94. The van der Waals surface area contributed by atoms with Crippen LogP contribution in [0.2, 0.25) is 0 Å². The average Bonchev–Trinajstić information content (AvgIpc) is 2.46. The topological polar surface area (TPSA) is 38.5 Å². The molecule has 0 amide bonds. The summed E-state index contributed by atoms with van der Waals surface area (Å²) < 4.78 is 5.59. The predicted molar refractivity (Wildman–Crippen MR) is 89.6 cm³/mol. The summed E-state index contributed by atoms with van der Waals surface area (Å²) in [7, 11) is 2.18. The monoisotopic (exact) mass is 296 g/mol. The maximum atomic E-state index is 6.03. The molecule has 114 valence electrons. The van der Waals surface area contributed by atoms with Crippen LogP contribution in [-0.4, -0.2) is 43.1 Å². The van der Waals surface area contributed by atoms with Gasteiger partial charge in [-0.2, -0.15) is 11.8 Å². The van der Waals surface area contributed by atoms with Crippen molar-refractivity contribution in [2.24, 2.45) is 5.73 Å². The molecule has 1 rings (SSSR count). The van der Waals surface area contributed by atoms with Crippen LogP contribution in [0.1, 0.15) is 31.9 Å². The molecule has 0 spiro atoms. The summed E-state index contributed by atoms with van der Waals surface area (Å²) >= 11 is 1.89. The number of benzene rings is 1. The van der Waals surface area contributed by atoms with Gasteiger partial charge in [-0.3, -0.25) is 4.90 Å². The fraction of sp³-hybridized carbons (Fsp3) is 0.625. The number of nitrogens with zero attached hydrogens (tertiary/aromatic N) is 1. The molecule has 3 nitrogen and oxygen atoms in total. The number of likely N-dealkylation sites (N-methyl/N-ethyl adjacent to an activating group) is 1. The molecule has 1 aromatic carbocycles. The Hall–Kier alpha value is -0.710. The molecular formula is C16H28N2OS. The highest BCUT2D eigenvalue weighted by Gasteiger charge is 2.22. The van der Waals surface area contributed by atoms with Gasteiger partial charge in [-0.15, -0.1) is 0 Å². The molecule has 4 heteroatoms. The van der Waals surface area contributed by atoms with Crippen molar-refractivity contribution in [2.45, 2.75) is 32.4 Å². The highest BCUT2D eigenvalue weighted by molar-refractivity contribution is 7.98. The molecule has 0 heterocycles. The molecule has 2 atom stereocenters. The first-order valence-electron chi connectivity index (χ1n) is 7.31. The minimum Gasteiger partial charge on any atom is -0.494 e. The van der Waals surface area contributed by atoms with Gasteiger partial charge >= 0.3 is 0 Å². The number of hydrogen-bond acceptors (Lipinski definition) is 4. The first kappa shape index (κ1) is 17.3. The Balaban J connectivity index is 2.90. The molecule has 0 saturated carbocycles. The van der Waals surface area contributed by atoms with Gasteiger partial charge in [-0.05, 0) is 44.3 Å². The van der Waals surface area contributed by atoms with E-state index >= 15 is 0 Å². The molecular weight excluding hydrogens is 268 g/mol. The largest absolute Gasteiger partial charge is 0.494 e. The van der Waals surface area contributed by atoms with Crippen LogP contribution in [0, 0.1) is 0 Å². The van der Waals surface area contributed by atoms with Crippen LogP contribution in [0.3, 0.4) is 0 Å². The number of hydrogen-bond donors (Lipinski definition) is 1. The third-order valence-corrected chi connectivity index (χ3v) is 4.39. The lowest BCUT2D eigenvalue weighted by Gasteiger charge is -2.34. The quantitative estimate of drug-likeness (QED) is 0.760. The van der Waals surface area contributed by atoms with Gasteiger partial charge in [0.05, 0.1) is 6.61 Å². The van der Waals surface area contributed by atoms with Crippen LogP contribution in [0.5, 0.6) is 5.75 Å². The molecule has 20 heavy (non-hydrogen) atoms. The Labute approximate surface area is 127 Å². The van der Waals surface area contributed by atoms with E-state index in [1.165, 1.54) is 5.56 Å². The molecule has 0 aromatic heterocycles. The van der Waals surface area contributed by atoms with E-state index in [4.69, 9.17) is 10.5 Å².